The highest BCUT2D eigenvalue weighted by atomic mass is 19.4. The maximum atomic E-state index is 12.9. The molecule has 11 heteroatoms. The number of alkyl halides is 3. The van der Waals surface area contributed by atoms with Crippen LogP contribution >= 0.6 is 0 Å². The Morgan fingerprint density at radius 1 is 1.13 bits per heavy atom. The maximum Gasteiger partial charge on any atom is 0.416 e. The second-order valence-electron chi connectivity index (χ2n) is 6.44. The fourth-order valence-electron chi connectivity index (χ4n) is 2.99. The van der Waals surface area contributed by atoms with Crippen molar-refractivity contribution in [3.05, 3.63) is 76.0 Å². The molecular weight excluding hydrogens is 417 g/mol. The van der Waals surface area contributed by atoms with Crippen molar-refractivity contribution in [2.75, 3.05) is 7.11 Å². The molecular formula is C20H13F3N4O4. The maximum absolute atomic E-state index is 12.9. The summed E-state index contributed by atoms with van der Waals surface area (Å²) in [5, 5.41) is 8.29. The average molecular weight is 430 g/mol. The van der Waals surface area contributed by atoms with Crippen molar-refractivity contribution >= 4 is 16.7 Å². The molecule has 0 aliphatic carbocycles. The Morgan fingerprint density at radius 3 is 2.58 bits per heavy atom. The third kappa shape index (κ3) is 3.89. The second kappa shape index (κ2) is 7.67. The van der Waals surface area contributed by atoms with E-state index in [4.69, 9.17) is 9.26 Å². The molecule has 0 aliphatic rings. The number of aromatic nitrogens is 4. The van der Waals surface area contributed by atoms with Gasteiger partial charge in [-0.3, -0.25) is 4.79 Å². The van der Waals surface area contributed by atoms with Crippen LogP contribution in [0.25, 0.3) is 22.2 Å². The van der Waals surface area contributed by atoms with Gasteiger partial charge in [-0.15, -0.1) is 0 Å². The Balaban J connectivity index is 1.72. The normalized spacial score (nSPS) is 11.6. The van der Waals surface area contributed by atoms with Crippen molar-refractivity contribution in [1.82, 2.24) is 19.9 Å². The Bertz CT molecular complexity index is 1340. The fraction of sp³-hybridized carbons (Fsp3) is 0.150. The highest BCUT2D eigenvalue weighted by Gasteiger charge is 2.30. The molecule has 2 aromatic heterocycles. The molecule has 0 spiro atoms. The van der Waals surface area contributed by atoms with E-state index < -0.39 is 23.3 Å². The van der Waals surface area contributed by atoms with Gasteiger partial charge in [0.2, 0.25) is 11.7 Å². The van der Waals surface area contributed by atoms with Gasteiger partial charge in [-0.25, -0.2) is 9.48 Å². The largest absolute Gasteiger partial charge is 0.464 e. The van der Waals surface area contributed by atoms with Crippen LogP contribution in [-0.2, 0) is 17.5 Å². The van der Waals surface area contributed by atoms with E-state index in [0.29, 0.717) is 5.39 Å². The molecule has 0 unspecified atom stereocenters. The van der Waals surface area contributed by atoms with Crippen molar-refractivity contribution in [3.8, 4) is 11.4 Å². The molecule has 31 heavy (non-hydrogen) atoms. The Kier molecular flexibility index (Phi) is 5.01. The lowest BCUT2D eigenvalue weighted by molar-refractivity contribution is -0.137. The summed E-state index contributed by atoms with van der Waals surface area (Å²) < 4.78 is 49.6. The number of esters is 1. The summed E-state index contributed by atoms with van der Waals surface area (Å²) in [6, 6.07) is 10.8. The van der Waals surface area contributed by atoms with E-state index in [0.717, 1.165) is 16.8 Å². The molecule has 0 bridgehead atoms. The highest BCUT2D eigenvalue weighted by Crippen LogP contribution is 2.31. The molecule has 158 valence electrons. The topological polar surface area (TPSA) is 100 Å². The van der Waals surface area contributed by atoms with E-state index in [1.165, 1.54) is 25.3 Å². The molecule has 0 N–H and O–H groups in total. The van der Waals surface area contributed by atoms with Crippen molar-refractivity contribution in [2.45, 2.75) is 12.7 Å². The standard InChI is InChI=1S/C20H13F3N4O4/c1-30-19(29)16-13-7-2-3-8-14(13)18(28)27(25-16)10-15-24-17(26-31-15)11-5-4-6-12(9-11)20(21,22)23/h2-9H,10H2,1H3. The van der Waals surface area contributed by atoms with Crippen LogP contribution in [0.4, 0.5) is 13.2 Å². The number of fused-ring (bicyclic) bond motifs is 1. The van der Waals surface area contributed by atoms with E-state index in [-0.39, 0.29) is 34.9 Å². The summed E-state index contributed by atoms with van der Waals surface area (Å²) >= 11 is 0. The van der Waals surface area contributed by atoms with Gasteiger partial charge in [0.05, 0.1) is 18.1 Å². The average Bonchev–Trinajstić information content (AvgIpc) is 3.23. The van der Waals surface area contributed by atoms with Gasteiger partial charge in [-0.1, -0.05) is 35.5 Å². The van der Waals surface area contributed by atoms with Gasteiger partial charge >= 0.3 is 12.1 Å². The molecule has 0 saturated heterocycles. The number of benzene rings is 2. The molecule has 0 atom stereocenters. The van der Waals surface area contributed by atoms with E-state index in [2.05, 4.69) is 15.2 Å². The summed E-state index contributed by atoms with van der Waals surface area (Å²) in [5.41, 5.74) is -1.34. The van der Waals surface area contributed by atoms with E-state index in [1.807, 2.05) is 0 Å². The van der Waals surface area contributed by atoms with Gasteiger partial charge < -0.3 is 9.26 Å². The van der Waals surface area contributed by atoms with E-state index >= 15 is 0 Å². The van der Waals surface area contributed by atoms with Gasteiger partial charge in [0.15, 0.2) is 5.69 Å². The van der Waals surface area contributed by atoms with Gasteiger partial charge in [-0.2, -0.15) is 23.3 Å². The van der Waals surface area contributed by atoms with Gasteiger partial charge in [-0.05, 0) is 18.2 Å². The summed E-state index contributed by atoms with van der Waals surface area (Å²) in [6.45, 7) is -0.292. The predicted molar refractivity (Wildman–Crippen MR) is 101 cm³/mol. The molecule has 2 heterocycles. The summed E-state index contributed by atoms with van der Waals surface area (Å²) in [6.07, 6.45) is -4.52. The Labute approximate surface area is 171 Å². The van der Waals surface area contributed by atoms with Gasteiger partial charge in [0.1, 0.15) is 6.54 Å². The lowest BCUT2D eigenvalue weighted by atomic mass is 10.1. The van der Waals surface area contributed by atoms with Crippen LogP contribution in [0.2, 0.25) is 0 Å². The first-order chi connectivity index (χ1) is 14.8. The first kappa shape index (κ1) is 20.3. The zero-order chi connectivity index (χ0) is 22.2. The van der Waals surface area contributed by atoms with Gasteiger partial charge in [0, 0.05) is 10.9 Å². The molecule has 4 rings (SSSR count). The first-order valence-electron chi connectivity index (χ1n) is 8.86. The summed E-state index contributed by atoms with van der Waals surface area (Å²) in [7, 11) is 1.19. The second-order valence-corrected chi connectivity index (χ2v) is 6.44. The molecule has 0 fully saturated rings. The minimum Gasteiger partial charge on any atom is -0.464 e. The molecule has 0 amide bonds. The molecule has 8 nitrogen and oxygen atoms in total. The minimum atomic E-state index is -4.52. The number of rotatable bonds is 4. The number of carbonyl (C=O) groups is 1. The summed E-state index contributed by atoms with van der Waals surface area (Å²) in [4.78, 5) is 28.9. The molecule has 0 radical (unpaired) electrons. The van der Waals surface area contributed by atoms with Crippen LogP contribution < -0.4 is 5.56 Å². The monoisotopic (exact) mass is 430 g/mol. The van der Waals surface area contributed by atoms with Crippen LogP contribution in [-0.4, -0.2) is 33.0 Å². The lowest BCUT2D eigenvalue weighted by Gasteiger charge is -2.08. The lowest BCUT2D eigenvalue weighted by Crippen LogP contribution is -2.27. The SMILES string of the molecule is COC(=O)c1nn(Cc2nc(-c3cccc(C(F)(F)F)c3)no2)c(=O)c2ccccc12. The third-order valence-corrected chi connectivity index (χ3v) is 4.45. The number of hydrogen-bond acceptors (Lipinski definition) is 7. The van der Waals surface area contributed by atoms with E-state index in [9.17, 15) is 22.8 Å². The Morgan fingerprint density at radius 2 is 1.87 bits per heavy atom. The highest BCUT2D eigenvalue weighted by molar-refractivity contribution is 6.01. The number of hydrogen-bond donors (Lipinski definition) is 0. The molecule has 4 aromatic rings. The zero-order valence-electron chi connectivity index (χ0n) is 15.9. The molecule has 0 saturated carbocycles. The number of nitrogens with zero attached hydrogens (tertiary/aromatic N) is 4. The quantitative estimate of drug-likeness (QED) is 0.458. The van der Waals surface area contributed by atoms with Gasteiger partial charge in [0.25, 0.3) is 5.56 Å². The number of ether oxygens (including phenoxy) is 1. The fourth-order valence-corrected chi connectivity index (χ4v) is 2.99. The number of carbonyl (C=O) groups excluding carboxylic acids is 1. The van der Waals surface area contributed by atoms with Crippen molar-refractivity contribution in [2.24, 2.45) is 0 Å². The van der Waals surface area contributed by atoms with Crippen LogP contribution in [0.15, 0.2) is 57.8 Å². The first-order valence-corrected chi connectivity index (χ1v) is 8.86. The molecule has 2 aromatic carbocycles. The smallest absolute Gasteiger partial charge is 0.416 e. The minimum absolute atomic E-state index is 0.0738. The molecule has 0 aliphatic heterocycles. The predicted octanol–water partition coefficient (Wildman–Crippen LogP) is 3.30. The number of halogens is 3. The van der Waals surface area contributed by atoms with Crippen LogP contribution in [0, 0.1) is 0 Å². The number of methoxy groups -OCH3 is 1. The third-order valence-electron chi connectivity index (χ3n) is 4.45. The van der Waals surface area contributed by atoms with E-state index in [1.54, 1.807) is 18.2 Å². The van der Waals surface area contributed by atoms with Crippen LogP contribution in [0.5, 0.6) is 0 Å². The Hall–Kier alpha value is -4.02. The van der Waals surface area contributed by atoms with Crippen LogP contribution in [0.3, 0.4) is 0 Å². The summed E-state index contributed by atoms with van der Waals surface area (Å²) in [5.74, 6) is -0.892. The van der Waals surface area contributed by atoms with Crippen molar-refractivity contribution in [1.29, 1.82) is 0 Å². The zero-order valence-corrected chi connectivity index (χ0v) is 15.9. The van der Waals surface area contributed by atoms with Crippen molar-refractivity contribution < 1.29 is 27.2 Å². The van der Waals surface area contributed by atoms with Crippen molar-refractivity contribution in [3.63, 3.8) is 0 Å². The van der Waals surface area contributed by atoms with Crippen LogP contribution in [0.1, 0.15) is 21.9 Å².